The number of ether oxygens (including phenoxy) is 3. The fourth-order valence-electron chi connectivity index (χ4n) is 3.49. The average molecular weight is 430 g/mol. The first-order chi connectivity index (χ1) is 15.6. The lowest BCUT2D eigenvalue weighted by atomic mass is 10.0. The second-order valence-electron chi connectivity index (χ2n) is 6.87. The number of pyridine rings is 1. The highest BCUT2D eigenvalue weighted by Crippen LogP contribution is 2.43. The first kappa shape index (κ1) is 21.0. The number of benzene rings is 2. The number of methoxy groups -OCH3 is 3. The third-order valence-electron chi connectivity index (χ3n) is 4.99. The maximum Gasteiger partial charge on any atom is 0.247 e. The summed E-state index contributed by atoms with van der Waals surface area (Å²) in [5.74, 6) is 1.95. The van der Waals surface area contributed by atoms with Crippen LogP contribution in [0, 0.1) is 0 Å². The zero-order valence-corrected chi connectivity index (χ0v) is 18.0. The van der Waals surface area contributed by atoms with E-state index in [4.69, 9.17) is 18.6 Å². The Morgan fingerprint density at radius 3 is 2.41 bits per heavy atom. The van der Waals surface area contributed by atoms with Gasteiger partial charge in [0.2, 0.25) is 11.7 Å². The SMILES string of the molecule is C=CC(=O)Nc1cccc(-c2cc3nccc(-c4cc(OC)c(OC)c(OC)c4)c3o2)c1. The fourth-order valence-corrected chi connectivity index (χ4v) is 3.49. The smallest absolute Gasteiger partial charge is 0.247 e. The van der Waals surface area contributed by atoms with E-state index in [1.807, 2.05) is 42.5 Å². The van der Waals surface area contributed by atoms with E-state index in [1.165, 1.54) is 6.08 Å². The van der Waals surface area contributed by atoms with E-state index < -0.39 is 0 Å². The van der Waals surface area contributed by atoms with Gasteiger partial charge in [0, 0.05) is 29.1 Å². The molecule has 4 rings (SSSR count). The highest BCUT2D eigenvalue weighted by Gasteiger charge is 2.18. The summed E-state index contributed by atoms with van der Waals surface area (Å²) in [6.45, 7) is 3.48. The molecule has 7 heteroatoms. The predicted molar refractivity (Wildman–Crippen MR) is 123 cm³/mol. The van der Waals surface area contributed by atoms with Crippen molar-refractivity contribution < 1.29 is 23.4 Å². The summed E-state index contributed by atoms with van der Waals surface area (Å²) < 4.78 is 22.6. The first-order valence-electron chi connectivity index (χ1n) is 9.80. The summed E-state index contributed by atoms with van der Waals surface area (Å²) in [6, 6.07) is 14.8. The van der Waals surface area contributed by atoms with E-state index in [1.54, 1.807) is 33.6 Å². The van der Waals surface area contributed by atoms with Crippen LogP contribution in [0.3, 0.4) is 0 Å². The van der Waals surface area contributed by atoms with Gasteiger partial charge in [-0.05, 0) is 42.0 Å². The van der Waals surface area contributed by atoms with Crippen LogP contribution in [0.15, 0.2) is 71.8 Å². The molecule has 0 saturated heterocycles. The number of carbonyl (C=O) groups is 1. The Morgan fingerprint density at radius 1 is 1.00 bits per heavy atom. The molecular weight excluding hydrogens is 408 g/mol. The van der Waals surface area contributed by atoms with E-state index in [0.717, 1.165) is 16.7 Å². The lowest BCUT2D eigenvalue weighted by Crippen LogP contribution is -2.06. The van der Waals surface area contributed by atoms with E-state index in [2.05, 4.69) is 16.9 Å². The van der Waals surface area contributed by atoms with Gasteiger partial charge in [-0.15, -0.1) is 0 Å². The zero-order valence-electron chi connectivity index (χ0n) is 18.0. The number of hydrogen-bond donors (Lipinski definition) is 1. The second kappa shape index (κ2) is 8.85. The van der Waals surface area contributed by atoms with Crippen LogP contribution in [0.5, 0.6) is 17.2 Å². The third-order valence-corrected chi connectivity index (χ3v) is 4.99. The molecule has 4 aromatic rings. The molecule has 0 atom stereocenters. The summed E-state index contributed by atoms with van der Waals surface area (Å²) in [7, 11) is 4.72. The molecule has 0 bridgehead atoms. The van der Waals surface area contributed by atoms with Crippen LogP contribution in [0.2, 0.25) is 0 Å². The molecule has 32 heavy (non-hydrogen) atoms. The van der Waals surface area contributed by atoms with Crippen molar-refractivity contribution in [1.82, 2.24) is 4.98 Å². The monoisotopic (exact) mass is 430 g/mol. The normalized spacial score (nSPS) is 10.6. The molecule has 7 nitrogen and oxygen atoms in total. The number of nitrogens with zero attached hydrogens (tertiary/aromatic N) is 1. The van der Waals surface area contributed by atoms with Gasteiger partial charge >= 0.3 is 0 Å². The molecule has 1 N–H and O–H groups in total. The lowest BCUT2D eigenvalue weighted by molar-refractivity contribution is -0.111. The van der Waals surface area contributed by atoms with Gasteiger partial charge in [0.25, 0.3) is 0 Å². The third kappa shape index (κ3) is 3.88. The Labute approximate surface area is 185 Å². The molecule has 2 heterocycles. The highest BCUT2D eigenvalue weighted by molar-refractivity contribution is 5.99. The van der Waals surface area contributed by atoms with Crippen LogP contribution in [-0.4, -0.2) is 32.2 Å². The van der Waals surface area contributed by atoms with Crippen LogP contribution >= 0.6 is 0 Å². The Balaban J connectivity index is 1.81. The van der Waals surface area contributed by atoms with Gasteiger partial charge in [0.05, 0.1) is 21.3 Å². The minimum absolute atomic E-state index is 0.280. The molecule has 2 aromatic heterocycles. The summed E-state index contributed by atoms with van der Waals surface area (Å²) >= 11 is 0. The Hall–Kier alpha value is -4.26. The molecule has 0 unspecified atom stereocenters. The maximum atomic E-state index is 11.6. The van der Waals surface area contributed by atoms with Gasteiger partial charge in [-0.2, -0.15) is 0 Å². The van der Waals surface area contributed by atoms with Gasteiger partial charge in [0.1, 0.15) is 11.3 Å². The van der Waals surface area contributed by atoms with Gasteiger partial charge in [-0.1, -0.05) is 18.7 Å². The van der Waals surface area contributed by atoms with Crippen molar-refractivity contribution in [2.75, 3.05) is 26.6 Å². The minimum atomic E-state index is -0.280. The van der Waals surface area contributed by atoms with E-state index >= 15 is 0 Å². The number of carbonyl (C=O) groups excluding carboxylic acids is 1. The Bertz CT molecular complexity index is 1280. The average Bonchev–Trinajstić information content (AvgIpc) is 3.27. The quantitative estimate of drug-likeness (QED) is 0.400. The molecular formula is C25H22N2O5. The van der Waals surface area contributed by atoms with E-state index in [0.29, 0.717) is 39.8 Å². The highest BCUT2D eigenvalue weighted by atomic mass is 16.5. The lowest BCUT2D eigenvalue weighted by Gasteiger charge is -2.14. The number of amides is 1. The number of anilines is 1. The van der Waals surface area contributed by atoms with Crippen molar-refractivity contribution in [3.63, 3.8) is 0 Å². The molecule has 0 aliphatic carbocycles. The van der Waals surface area contributed by atoms with Crippen LogP contribution in [0.1, 0.15) is 0 Å². The van der Waals surface area contributed by atoms with Crippen LogP contribution < -0.4 is 19.5 Å². The summed E-state index contributed by atoms with van der Waals surface area (Å²) in [6.07, 6.45) is 2.95. The molecule has 162 valence electrons. The largest absolute Gasteiger partial charge is 0.493 e. The van der Waals surface area contributed by atoms with E-state index in [9.17, 15) is 4.79 Å². The molecule has 2 aromatic carbocycles. The van der Waals surface area contributed by atoms with Crippen LogP contribution in [0.25, 0.3) is 33.6 Å². The summed E-state index contributed by atoms with van der Waals surface area (Å²) in [5, 5.41) is 2.75. The van der Waals surface area contributed by atoms with Gasteiger partial charge in [-0.3, -0.25) is 9.78 Å². The predicted octanol–water partition coefficient (Wildman–Crippen LogP) is 5.31. The molecule has 1 amide bonds. The van der Waals surface area contributed by atoms with Crippen molar-refractivity contribution in [3.05, 3.63) is 67.4 Å². The van der Waals surface area contributed by atoms with Crippen molar-refractivity contribution in [2.24, 2.45) is 0 Å². The first-order valence-corrected chi connectivity index (χ1v) is 9.80. The minimum Gasteiger partial charge on any atom is -0.493 e. The molecule has 0 aliphatic heterocycles. The number of hydrogen-bond acceptors (Lipinski definition) is 6. The molecule has 0 fully saturated rings. The van der Waals surface area contributed by atoms with Crippen molar-refractivity contribution in [2.45, 2.75) is 0 Å². The van der Waals surface area contributed by atoms with Gasteiger partial charge in [0.15, 0.2) is 17.1 Å². The van der Waals surface area contributed by atoms with Crippen molar-refractivity contribution >= 4 is 22.7 Å². The standard InChI is InChI=1S/C25H22N2O5/c1-5-23(28)27-17-8-6-7-15(11-17)20-14-19-24(32-20)18(9-10-26-19)16-12-21(29-2)25(31-4)22(13-16)30-3/h5-14H,1H2,2-4H3,(H,27,28). The topological polar surface area (TPSA) is 82.8 Å². The number of rotatable bonds is 7. The Morgan fingerprint density at radius 2 is 1.75 bits per heavy atom. The number of fused-ring (bicyclic) bond motifs is 1. The Kier molecular flexibility index (Phi) is 5.81. The second-order valence-corrected chi connectivity index (χ2v) is 6.87. The van der Waals surface area contributed by atoms with E-state index in [-0.39, 0.29) is 5.91 Å². The van der Waals surface area contributed by atoms with Crippen molar-refractivity contribution in [1.29, 1.82) is 0 Å². The molecule has 0 saturated carbocycles. The van der Waals surface area contributed by atoms with Gasteiger partial charge in [-0.25, -0.2) is 0 Å². The number of nitrogens with one attached hydrogen (secondary N) is 1. The van der Waals surface area contributed by atoms with Gasteiger partial charge < -0.3 is 23.9 Å². The fraction of sp³-hybridized carbons (Fsp3) is 0.120. The number of furan rings is 1. The summed E-state index contributed by atoms with van der Waals surface area (Å²) in [4.78, 5) is 16.1. The molecule has 0 spiro atoms. The number of aromatic nitrogens is 1. The van der Waals surface area contributed by atoms with Crippen LogP contribution in [0.4, 0.5) is 5.69 Å². The zero-order chi connectivity index (χ0) is 22.7. The molecule has 0 aliphatic rings. The van der Waals surface area contributed by atoms with Crippen LogP contribution in [-0.2, 0) is 4.79 Å². The molecule has 0 radical (unpaired) electrons. The maximum absolute atomic E-state index is 11.6. The summed E-state index contributed by atoms with van der Waals surface area (Å²) in [5.41, 5.74) is 4.44. The van der Waals surface area contributed by atoms with Crippen molar-refractivity contribution in [3.8, 4) is 39.7 Å².